The van der Waals surface area contributed by atoms with Crippen LogP contribution in [-0.2, 0) is 21.4 Å². The molecule has 10 heteroatoms. The van der Waals surface area contributed by atoms with E-state index in [2.05, 4.69) is 15.0 Å². The van der Waals surface area contributed by atoms with Gasteiger partial charge in [-0.3, -0.25) is 4.79 Å². The van der Waals surface area contributed by atoms with Gasteiger partial charge in [-0.2, -0.15) is 0 Å². The third-order valence-electron chi connectivity index (χ3n) is 4.72. The number of nitrogens with one attached hydrogen (secondary N) is 2. The van der Waals surface area contributed by atoms with Crippen molar-refractivity contribution in [3.8, 4) is 5.75 Å². The highest BCUT2D eigenvalue weighted by atomic mass is 35.5. The molecule has 3 rings (SSSR count). The Morgan fingerprint density at radius 2 is 2.10 bits per heavy atom. The molecule has 0 saturated heterocycles. The van der Waals surface area contributed by atoms with Crippen LogP contribution in [0.5, 0.6) is 5.75 Å². The van der Waals surface area contributed by atoms with Gasteiger partial charge < -0.3 is 14.6 Å². The number of nitrogens with zero attached hydrogens (tertiary/aromatic N) is 2. The fourth-order valence-corrected chi connectivity index (χ4v) is 4.83. The average molecular weight is 441 g/mol. The summed E-state index contributed by atoms with van der Waals surface area (Å²) in [5.41, 5.74) is 0. The molecule has 0 spiro atoms. The number of carbonyl (C=O) groups is 1. The van der Waals surface area contributed by atoms with Crippen molar-refractivity contribution in [1.29, 1.82) is 0 Å². The molecule has 1 aromatic heterocycles. The molecule has 1 aliphatic carbocycles. The number of carbonyl (C=O) groups excluding carboxylic acids is 1. The Kier molecular flexibility index (Phi) is 7.51. The number of aromatic nitrogens is 2. The smallest absolute Gasteiger partial charge is 0.257 e. The maximum Gasteiger partial charge on any atom is 0.257 e. The Bertz CT molecular complexity index is 912. The van der Waals surface area contributed by atoms with E-state index < -0.39 is 10.0 Å². The van der Waals surface area contributed by atoms with Crippen LogP contribution in [-0.4, -0.2) is 43.1 Å². The van der Waals surface area contributed by atoms with Gasteiger partial charge in [0.05, 0.1) is 16.2 Å². The highest BCUT2D eigenvalue weighted by Gasteiger charge is 2.23. The zero-order valence-electron chi connectivity index (χ0n) is 16.0. The van der Waals surface area contributed by atoms with Crippen molar-refractivity contribution in [2.24, 2.45) is 0 Å². The van der Waals surface area contributed by atoms with E-state index in [9.17, 15) is 13.2 Å². The van der Waals surface area contributed by atoms with E-state index in [1.54, 1.807) is 12.5 Å². The third kappa shape index (κ3) is 6.45. The number of ether oxygens (including phenoxy) is 1. The summed E-state index contributed by atoms with van der Waals surface area (Å²) >= 11 is 6.16. The second-order valence-corrected chi connectivity index (χ2v) is 9.11. The summed E-state index contributed by atoms with van der Waals surface area (Å²) in [5, 5.41) is 2.91. The molecule has 29 heavy (non-hydrogen) atoms. The van der Waals surface area contributed by atoms with Crippen LogP contribution in [0.25, 0.3) is 0 Å². The van der Waals surface area contributed by atoms with Gasteiger partial charge in [0.15, 0.2) is 6.61 Å². The standard InChI is InChI=1S/C19H25ClN4O4S/c20-17-12-16(29(26,27)23-15-4-1-2-5-15)6-7-18(17)28-13-19(25)22-8-3-10-24-11-9-21-14-24/h6-7,9,11-12,14-15,23H,1-5,8,10,13H2,(H,22,25). The van der Waals surface area contributed by atoms with E-state index in [0.29, 0.717) is 6.54 Å². The summed E-state index contributed by atoms with van der Waals surface area (Å²) < 4.78 is 35.0. The predicted octanol–water partition coefficient (Wildman–Crippen LogP) is 2.34. The van der Waals surface area contributed by atoms with Crippen molar-refractivity contribution in [3.63, 3.8) is 0 Å². The van der Waals surface area contributed by atoms with Gasteiger partial charge in [-0.05, 0) is 37.5 Å². The van der Waals surface area contributed by atoms with Crippen LogP contribution in [0.4, 0.5) is 0 Å². The Morgan fingerprint density at radius 3 is 2.79 bits per heavy atom. The summed E-state index contributed by atoms with van der Waals surface area (Å²) in [6.07, 6.45) is 9.83. The SMILES string of the molecule is O=C(COc1ccc(S(=O)(=O)NC2CCCC2)cc1Cl)NCCCn1ccnc1. The molecule has 1 fully saturated rings. The first-order chi connectivity index (χ1) is 13.9. The highest BCUT2D eigenvalue weighted by Crippen LogP contribution is 2.28. The Hall–Kier alpha value is -2.10. The maximum absolute atomic E-state index is 12.5. The fourth-order valence-electron chi connectivity index (χ4n) is 3.20. The van der Waals surface area contributed by atoms with E-state index in [-0.39, 0.29) is 34.2 Å². The number of halogens is 1. The van der Waals surface area contributed by atoms with Crippen molar-refractivity contribution in [3.05, 3.63) is 41.9 Å². The summed E-state index contributed by atoms with van der Waals surface area (Å²) in [6, 6.07) is 4.23. The van der Waals surface area contributed by atoms with Crippen LogP contribution in [0, 0.1) is 0 Å². The molecular formula is C19H25ClN4O4S. The molecule has 2 aromatic rings. The van der Waals surface area contributed by atoms with Gasteiger partial charge in [-0.1, -0.05) is 24.4 Å². The van der Waals surface area contributed by atoms with Gasteiger partial charge in [0, 0.05) is 31.5 Å². The molecule has 0 bridgehead atoms. The molecule has 1 amide bonds. The van der Waals surface area contributed by atoms with E-state index in [1.807, 2.05) is 10.8 Å². The van der Waals surface area contributed by atoms with E-state index in [1.165, 1.54) is 18.2 Å². The minimum absolute atomic E-state index is 0.0211. The average Bonchev–Trinajstić information content (AvgIpc) is 3.38. The second-order valence-electron chi connectivity index (χ2n) is 6.99. The number of hydrogen-bond donors (Lipinski definition) is 2. The first-order valence-corrected chi connectivity index (χ1v) is 11.5. The molecule has 0 radical (unpaired) electrons. The molecule has 1 saturated carbocycles. The minimum atomic E-state index is -3.62. The molecule has 0 atom stereocenters. The summed E-state index contributed by atoms with van der Waals surface area (Å²) in [5.74, 6) is -0.00801. The zero-order chi connectivity index (χ0) is 20.7. The highest BCUT2D eigenvalue weighted by molar-refractivity contribution is 7.89. The van der Waals surface area contributed by atoms with Crippen molar-refractivity contribution in [2.75, 3.05) is 13.2 Å². The van der Waals surface area contributed by atoms with Gasteiger partial charge in [0.1, 0.15) is 5.75 Å². The molecule has 2 N–H and O–H groups in total. The zero-order valence-corrected chi connectivity index (χ0v) is 17.6. The lowest BCUT2D eigenvalue weighted by molar-refractivity contribution is -0.123. The van der Waals surface area contributed by atoms with Gasteiger partial charge >= 0.3 is 0 Å². The Morgan fingerprint density at radius 1 is 1.31 bits per heavy atom. The lowest BCUT2D eigenvalue weighted by Gasteiger charge is -2.14. The van der Waals surface area contributed by atoms with Crippen LogP contribution in [0.2, 0.25) is 5.02 Å². The lowest BCUT2D eigenvalue weighted by Crippen LogP contribution is -2.32. The van der Waals surface area contributed by atoms with E-state index in [0.717, 1.165) is 38.6 Å². The fraction of sp³-hybridized carbons (Fsp3) is 0.474. The normalized spacial score (nSPS) is 14.8. The first kappa shape index (κ1) is 21.6. The Balaban J connectivity index is 1.45. The quantitative estimate of drug-likeness (QED) is 0.552. The molecule has 0 aliphatic heterocycles. The number of amides is 1. The number of rotatable bonds is 10. The molecule has 1 aliphatic rings. The van der Waals surface area contributed by atoms with Crippen molar-refractivity contribution in [2.45, 2.75) is 49.6 Å². The maximum atomic E-state index is 12.5. The number of hydrogen-bond acceptors (Lipinski definition) is 5. The number of sulfonamides is 1. The van der Waals surface area contributed by atoms with Crippen molar-refractivity contribution in [1.82, 2.24) is 19.6 Å². The topological polar surface area (TPSA) is 102 Å². The number of aryl methyl sites for hydroxylation is 1. The van der Waals surface area contributed by atoms with Crippen LogP contribution in [0.15, 0.2) is 41.8 Å². The first-order valence-electron chi connectivity index (χ1n) is 9.61. The lowest BCUT2D eigenvalue weighted by atomic mass is 10.3. The van der Waals surface area contributed by atoms with E-state index >= 15 is 0 Å². The third-order valence-corrected chi connectivity index (χ3v) is 6.54. The van der Waals surface area contributed by atoms with Crippen LogP contribution >= 0.6 is 11.6 Å². The summed E-state index contributed by atoms with van der Waals surface area (Å²) in [6.45, 7) is 1.08. The Labute approximate surface area is 175 Å². The monoisotopic (exact) mass is 440 g/mol. The van der Waals surface area contributed by atoms with Gasteiger partial charge in [-0.15, -0.1) is 0 Å². The molecule has 1 heterocycles. The molecule has 1 aromatic carbocycles. The van der Waals surface area contributed by atoms with Gasteiger partial charge in [0.25, 0.3) is 5.91 Å². The van der Waals surface area contributed by atoms with Crippen LogP contribution in [0.3, 0.4) is 0 Å². The van der Waals surface area contributed by atoms with Gasteiger partial charge in [-0.25, -0.2) is 18.1 Å². The van der Waals surface area contributed by atoms with Crippen molar-refractivity contribution >= 4 is 27.5 Å². The van der Waals surface area contributed by atoms with Crippen LogP contribution in [0.1, 0.15) is 32.1 Å². The second kappa shape index (κ2) is 10.1. The van der Waals surface area contributed by atoms with Crippen molar-refractivity contribution < 1.29 is 17.9 Å². The largest absolute Gasteiger partial charge is 0.482 e. The van der Waals surface area contributed by atoms with E-state index in [4.69, 9.17) is 16.3 Å². The van der Waals surface area contributed by atoms with Crippen LogP contribution < -0.4 is 14.8 Å². The number of benzene rings is 1. The molecule has 0 unspecified atom stereocenters. The number of imidazole rings is 1. The molecule has 158 valence electrons. The van der Waals surface area contributed by atoms with Gasteiger partial charge in [0.2, 0.25) is 10.0 Å². The molecular weight excluding hydrogens is 416 g/mol. The molecule has 8 nitrogen and oxygen atoms in total. The summed E-state index contributed by atoms with van der Waals surface area (Å²) in [7, 11) is -3.62. The summed E-state index contributed by atoms with van der Waals surface area (Å²) in [4.78, 5) is 15.9. The predicted molar refractivity (Wildman–Crippen MR) is 109 cm³/mol. The minimum Gasteiger partial charge on any atom is -0.482 e.